The number of nitrogens with zero attached hydrogens (tertiary/aromatic N) is 4. The van der Waals surface area contributed by atoms with Gasteiger partial charge < -0.3 is 14.4 Å². The van der Waals surface area contributed by atoms with E-state index in [-0.39, 0.29) is 42.3 Å². The molecule has 3 aromatic rings. The van der Waals surface area contributed by atoms with Crippen molar-refractivity contribution in [1.29, 1.82) is 0 Å². The smallest absolute Gasteiger partial charge is 0.435 e. The summed E-state index contributed by atoms with van der Waals surface area (Å²) in [7, 11) is -2.11. The molecule has 0 saturated carbocycles. The Balaban J connectivity index is 1.50. The third-order valence-corrected chi connectivity index (χ3v) is 7.40. The highest BCUT2D eigenvalue weighted by atomic mass is 32.2. The number of carbonyl (C=O) groups is 1. The molecule has 1 amide bonds. The van der Waals surface area contributed by atoms with Crippen LogP contribution in [0.2, 0.25) is 0 Å². The molecule has 190 valence electrons. The SMILES string of the molecule is CN(C(=O)c1cccc(-n2nc(C(F)(F)F)c3c2CCN(S(C)(=O)=O)C3)c1)c1ccc2c(c1)OCO2. The van der Waals surface area contributed by atoms with Crippen molar-refractivity contribution in [1.82, 2.24) is 14.1 Å². The van der Waals surface area contributed by atoms with Crippen molar-refractivity contribution in [2.75, 3.05) is 31.5 Å². The van der Waals surface area contributed by atoms with Gasteiger partial charge in [0, 0.05) is 49.4 Å². The predicted molar refractivity (Wildman–Crippen MR) is 123 cm³/mol. The molecule has 0 atom stereocenters. The van der Waals surface area contributed by atoms with Crippen LogP contribution >= 0.6 is 0 Å². The van der Waals surface area contributed by atoms with Gasteiger partial charge in [-0.2, -0.15) is 22.6 Å². The van der Waals surface area contributed by atoms with Crippen molar-refractivity contribution in [2.24, 2.45) is 0 Å². The van der Waals surface area contributed by atoms with Gasteiger partial charge in [0.25, 0.3) is 5.91 Å². The zero-order chi connectivity index (χ0) is 25.8. The summed E-state index contributed by atoms with van der Waals surface area (Å²) in [5.41, 5.74) is -0.0192. The highest BCUT2D eigenvalue weighted by molar-refractivity contribution is 7.88. The molecule has 36 heavy (non-hydrogen) atoms. The van der Waals surface area contributed by atoms with Crippen LogP contribution in [0.1, 0.15) is 27.3 Å². The monoisotopic (exact) mass is 522 g/mol. The summed E-state index contributed by atoms with van der Waals surface area (Å²) in [5.74, 6) is 0.683. The van der Waals surface area contributed by atoms with Crippen molar-refractivity contribution in [3.8, 4) is 17.2 Å². The number of alkyl halides is 3. The molecule has 0 fully saturated rings. The number of carbonyl (C=O) groups excluding carboxylic acids is 1. The first-order valence-corrected chi connectivity index (χ1v) is 12.7. The number of fused-ring (bicyclic) bond motifs is 2. The molecule has 3 heterocycles. The molecule has 2 aliphatic rings. The summed E-state index contributed by atoms with van der Waals surface area (Å²) in [4.78, 5) is 14.6. The second-order valence-corrected chi connectivity index (χ2v) is 10.5. The highest BCUT2D eigenvalue weighted by Gasteiger charge is 2.42. The molecule has 5 rings (SSSR count). The standard InChI is InChI=1S/C23H21F3N4O5S/c1-28(15-6-7-19-20(11-15)35-13-34-19)22(31)14-4-3-5-16(10-14)30-18-8-9-29(36(2,32)33)12-17(18)21(27-30)23(24,25)26/h3-7,10-11H,8-9,12-13H2,1-2H3. The lowest BCUT2D eigenvalue weighted by atomic mass is 10.1. The Morgan fingerprint density at radius 1 is 1.11 bits per heavy atom. The summed E-state index contributed by atoms with van der Waals surface area (Å²) in [6.45, 7) is -0.302. The Hall–Kier alpha value is -3.58. The van der Waals surface area contributed by atoms with Crippen LogP contribution in [0.4, 0.5) is 18.9 Å². The number of sulfonamides is 1. The molecule has 0 unspecified atom stereocenters. The number of rotatable bonds is 4. The van der Waals surface area contributed by atoms with E-state index in [1.165, 1.54) is 11.0 Å². The lowest BCUT2D eigenvalue weighted by Gasteiger charge is -2.26. The van der Waals surface area contributed by atoms with E-state index in [2.05, 4.69) is 5.10 Å². The Morgan fingerprint density at radius 3 is 2.58 bits per heavy atom. The van der Waals surface area contributed by atoms with Crippen LogP contribution in [0.15, 0.2) is 42.5 Å². The molecule has 0 radical (unpaired) electrons. The molecule has 9 nitrogen and oxygen atoms in total. The average Bonchev–Trinajstić information content (AvgIpc) is 3.46. The van der Waals surface area contributed by atoms with E-state index < -0.39 is 34.3 Å². The first-order valence-electron chi connectivity index (χ1n) is 10.8. The second kappa shape index (κ2) is 8.52. The molecular formula is C23H21F3N4O5S. The summed E-state index contributed by atoms with van der Waals surface area (Å²) in [5, 5.41) is 3.81. The van der Waals surface area contributed by atoms with Gasteiger partial charge in [-0.15, -0.1) is 0 Å². The van der Waals surface area contributed by atoms with Crippen LogP contribution in [-0.2, 0) is 29.2 Å². The van der Waals surface area contributed by atoms with Crippen molar-refractivity contribution < 1.29 is 35.9 Å². The van der Waals surface area contributed by atoms with E-state index in [1.54, 1.807) is 43.4 Å². The summed E-state index contributed by atoms with van der Waals surface area (Å²) in [6, 6.07) is 11.2. The zero-order valence-electron chi connectivity index (χ0n) is 19.2. The molecular weight excluding hydrogens is 501 g/mol. The molecule has 1 aromatic heterocycles. The van der Waals surface area contributed by atoms with Gasteiger partial charge in [-0.05, 0) is 30.3 Å². The minimum Gasteiger partial charge on any atom is -0.454 e. The van der Waals surface area contributed by atoms with Gasteiger partial charge in [-0.3, -0.25) is 4.79 Å². The van der Waals surface area contributed by atoms with Crippen LogP contribution in [0.25, 0.3) is 5.69 Å². The van der Waals surface area contributed by atoms with E-state index in [9.17, 15) is 26.4 Å². The van der Waals surface area contributed by atoms with Gasteiger partial charge >= 0.3 is 6.18 Å². The molecule has 0 saturated heterocycles. The fourth-order valence-electron chi connectivity index (χ4n) is 4.29. The summed E-state index contributed by atoms with van der Waals surface area (Å²) < 4.78 is 78.1. The maximum absolute atomic E-state index is 13.8. The topological polar surface area (TPSA) is 94.0 Å². The minimum absolute atomic E-state index is 0.0281. The third kappa shape index (κ3) is 4.28. The van der Waals surface area contributed by atoms with Crippen molar-refractivity contribution in [3.05, 3.63) is 65.0 Å². The number of hydrogen-bond donors (Lipinski definition) is 0. The Bertz CT molecular complexity index is 1470. The molecule has 13 heteroatoms. The molecule has 0 N–H and O–H groups in total. The number of amides is 1. The fraction of sp³-hybridized carbons (Fsp3) is 0.304. The van der Waals surface area contributed by atoms with Gasteiger partial charge in [0.1, 0.15) is 0 Å². The van der Waals surface area contributed by atoms with E-state index in [1.807, 2.05) is 0 Å². The van der Waals surface area contributed by atoms with Gasteiger partial charge in [0.15, 0.2) is 17.2 Å². The Kier molecular flexibility index (Phi) is 5.71. The minimum atomic E-state index is -4.77. The lowest BCUT2D eigenvalue weighted by Crippen LogP contribution is -2.36. The first kappa shape index (κ1) is 24.1. The number of anilines is 1. The maximum atomic E-state index is 13.8. The Labute approximate surface area is 204 Å². The van der Waals surface area contributed by atoms with Crippen molar-refractivity contribution in [3.63, 3.8) is 0 Å². The molecule has 2 aromatic carbocycles. The normalized spacial score (nSPS) is 15.6. The van der Waals surface area contributed by atoms with Crippen LogP contribution in [-0.4, -0.2) is 55.1 Å². The summed E-state index contributed by atoms with van der Waals surface area (Å²) >= 11 is 0. The van der Waals surface area contributed by atoms with Crippen molar-refractivity contribution >= 4 is 21.6 Å². The summed E-state index contributed by atoms with van der Waals surface area (Å²) in [6.07, 6.45) is -3.77. The number of aromatic nitrogens is 2. The number of benzene rings is 2. The lowest BCUT2D eigenvalue weighted by molar-refractivity contribution is -0.142. The maximum Gasteiger partial charge on any atom is 0.435 e. The van der Waals surface area contributed by atoms with Gasteiger partial charge in [-0.25, -0.2) is 13.1 Å². The molecule has 0 spiro atoms. The van der Waals surface area contributed by atoms with E-state index in [4.69, 9.17) is 9.47 Å². The number of halogens is 3. The predicted octanol–water partition coefficient (Wildman–Crippen LogP) is 3.21. The van der Waals surface area contributed by atoms with Crippen LogP contribution in [0, 0.1) is 0 Å². The highest BCUT2D eigenvalue weighted by Crippen LogP contribution is 2.37. The van der Waals surface area contributed by atoms with Gasteiger partial charge in [0.05, 0.1) is 17.6 Å². The quantitative estimate of drug-likeness (QED) is 0.523. The Morgan fingerprint density at radius 2 is 1.86 bits per heavy atom. The van der Waals surface area contributed by atoms with Crippen LogP contribution in [0.3, 0.4) is 0 Å². The van der Waals surface area contributed by atoms with Gasteiger partial charge in [-0.1, -0.05) is 6.07 Å². The van der Waals surface area contributed by atoms with Crippen molar-refractivity contribution in [2.45, 2.75) is 19.1 Å². The molecule has 0 bridgehead atoms. The first-order chi connectivity index (χ1) is 16.9. The average molecular weight is 523 g/mol. The number of hydrogen-bond acceptors (Lipinski definition) is 6. The largest absolute Gasteiger partial charge is 0.454 e. The van der Waals surface area contributed by atoms with E-state index in [0.29, 0.717) is 17.2 Å². The number of ether oxygens (including phenoxy) is 2. The fourth-order valence-corrected chi connectivity index (χ4v) is 5.08. The molecule has 2 aliphatic heterocycles. The van der Waals surface area contributed by atoms with Crippen LogP contribution in [0.5, 0.6) is 11.5 Å². The van der Waals surface area contributed by atoms with Crippen LogP contribution < -0.4 is 14.4 Å². The van der Waals surface area contributed by atoms with E-state index >= 15 is 0 Å². The second-order valence-electron chi connectivity index (χ2n) is 8.48. The van der Waals surface area contributed by atoms with Gasteiger partial charge in [0.2, 0.25) is 16.8 Å². The molecule has 0 aliphatic carbocycles. The zero-order valence-corrected chi connectivity index (χ0v) is 20.1. The van der Waals surface area contributed by atoms with E-state index in [0.717, 1.165) is 15.2 Å². The third-order valence-electron chi connectivity index (χ3n) is 6.15.